The zero-order chi connectivity index (χ0) is 20.1. The smallest absolute Gasteiger partial charge is 0.306 e. The van der Waals surface area contributed by atoms with Gasteiger partial charge in [-0.2, -0.15) is 0 Å². The molecule has 0 radical (unpaired) electrons. The molecule has 5 atom stereocenters. The van der Waals surface area contributed by atoms with Crippen molar-refractivity contribution in [3.63, 3.8) is 0 Å². The van der Waals surface area contributed by atoms with Gasteiger partial charge in [0.25, 0.3) is 0 Å². The molecule has 27 heavy (non-hydrogen) atoms. The number of carbonyl (C=O) groups is 1. The van der Waals surface area contributed by atoms with Crippen LogP contribution in [0.1, 0.15) is 84.0 Å². The van der Waals surface area contributed by atoms with Gasteiger partial charge in [-0.15, -0.1) is 0 Å². The number of hydrogen-bond donors (Lipinski definition) is 4. The summed E-state index contributed by atoms with van der Waals surface area (Å²) in [5.74, 6) is -0.499. The van der Waals surface area contributed by atoms with Gasteiger partial charge in [0.1, 0.15) is 18.3 Å². The second kappa shape index (κ2) is 14.3. The zero-order valence-electron chi connectivity index (χ0n) is 16.6. The molecule has 1 fully saturated rings. The van der Waals surface area contributed by atoms with Crippen molar-refractivity contribution < 1.29 is 34.7 Å². The van der Waals surface area contributed by atoms with Crippen LogP contribution in [0.15, 0.2) is 0 Å². The third-order valence-corrected chi connectivity index (χ3v) is 5.09. The number of hydrogen-bond acceptors (Lipinski definition) is 7. The highest BCUT2D eigenvalue weighted by molar-refractivity contribution is 5.69. The molecule has 1 aliphatic heterocycles. The van der Waals surface area contributed by atoms with E-state index < -0.39 is 43.3 Å². The Morgan fingerprint density at radius 1 is 0.852 bits per heavy atom. The molecule has 4 N–H and O–H groups in total. The third-order valence-electron chi connectivity index (χ3n) is 5.09. The molecular weight excluding hydrogens is 352 g/mol. The average Bonchev–Trinajstić information content (AvgIpc) is 2.66. The topological polar surface area (TPSA) is 116 Å². The fraction of sp³-hybridized carbons (Fsp3) is 0.950. The Balaban J connectivity index is 2.09. The van der Waals surface area contributed by atoms with Crippen molar-refractivity contribution in [2.45, 2.75) is 115 Å². The molecule has 0 aliphatic carbocycles. The van der Waals surface area contributed by atoms with Crippen molar-refractivity contribution in [3.8, 4) is 0 Å². The van der Waals surface area contributed by atoms with Crippen LogP contribution in [0.4, 0.5) is 0 Å². The lowest BCUT2D eigenvalue weighted by molar-refractivity contribution is -0.289. The van der Waals surface area contributed by atoms with Gasteiger partial charge in [-0.3, -0.25) is 4.79 Å². The Kier molecular flexibility index (Phi) is 12.9. The van der Waals surface area contributed by atoms with Crippen LogP contribution in [0.5, 0.6) is 0 Å². The molecule has 1 saturated heterocycles. The van der Waals surface area contributed by atoms with E-state index in [-0.39, 0.29) is 6.42 Å². The summed E-state index contributed by atoms with van der Waals surface area (Å²) in [5.41, 5.74) is 0. The molecular formula is C20H38O7. The van der Waals surface area contributed by atoms with Crippen molar-refractivity contribution in [2.75, 3.05) is 6.61 Å². The highest BCUT2D eigenvalue weighted by atomic mass is 16.7. The number of aliphatic hydroxyl groups excluding tert-OH is 4. The van der Waals surface area contributed by atoms with Gasteiger partial charge >= 0.3 is 5.97 Å². The molecule has 0 amide bonds. The lowest BCUT2D eigenvalue weighted by Crippen LogP contribution is -2.59. The Morgan fingerprint density at radius 2 is 1.37 bits per heavy atom. The molecule has 7 nitrogen and oxygen atoms in total. The van der Waals surface area contributed by atoms with E-state index >= 15 is 0 Å². The standard InChI is InChI=1S/C20H38O7/c1-2-3-4-5-6-7-8-9-10-11-12-13-16(22)27-19-15(14-21)26-20(25)18(24)17(19)23/h15,17-21,23-25H,2-14H2,1H3/t15-,17-,18-,19-,20+/m1/s1. The molecule has 0 spiro atoms. The minimum atomic E-state index is -1.61. The van der Waals surface area contributed by atoms with Crippen molar-refractivity contribution in [2.24, 2.45) is 0 Å². The number of aliphatic hydroxyl groups is 4. The van der Waals surface area contributed by atoms with E-state index in [1.807, 2.05) is 0 Å². The molecule has 1 heterocycles. The Morgan fingerprint density at radius 3 is 1.89 bits per heavy atom. The fourth-order valence-corrected chi connectivity index (χ4v) is 3.36. The van der Waals surface area contributed by atoms with E-state index in [4.69, 9.17) is 9.47 Å². The number of rotatable bonds is 14. The normalized spacial score (nSPS) is 28.3. The number of unbranched alkanes of at least 4 members (excludes halogenated alkanes) is 10. The maximum absolute atomic E-state index is 12.0. The van der Waals surface area contributed by atoms with Crippen molar-refractivity contribution in [3.05, 3.63) is 0 Å². The van der Waals surface area contributed by atoms with Gasteiger partial charge in [-0.1, -0.05) is 71.1 Å². The van der Waals surface area contributed by atoms with Gasteiger partial charge in [-0.05, 0) is 6.42 Å². The van der Waals surface area contributed by atoms with Crippen LogP contribution < -0.4 is 0 Å². The number of esters is 1. The van der Waals surface area contributed by atoms with Crippen LogP contribution in [0.2, 0.25) is 0 Å². The summed E-state index contributed by atoms with van der Waals surface area (Å²) in [5, 5.41) is 38.2. The van der Waals surface area contributed by atoms with E-state index in [9.17, 15) is 25.2 Å². The second-order valence-electron chi connectivity index (χ2n) is 7.47. The highest BCUT2D eigenvalue weighted by Crippen LogP contribution is 2.23. The van der Waals surface area contributed by atoms with Crippen molar-refractivity contribution in [1.82, 2.24) is 0 Å². The summed E-state index contributed by atoms with van der Waals surface area (Å²) in [7, 11) is 0. The molecule has 1 aliphatic rings. The Bertz CT molecular complexity index is 389. The second-order valence-corrected chi connectivity index (χ2v) is 7.47. The molecule has 0 saturated carbocycles. The van der Waals surface area contributed by atoms with Gasteiger partial charge in [0, 0.05) is 6.42 Å². The first-order chi connectivity index (χ1) is 13.0. The fourth-order valence-electron chi connectivity index (χ4n) is 3.36. The minimum Gasteiger partial charge on any atom is -0.457 e. The monoisotopic (exact) mass is 390 g/mol. The maximum atomic E-state index is 12.0. The summed E-state index contributed by atoms with van der Waals surface area (Å²) in [6, 6.07) is 0. The maximum Gasteiger partial charge on any atom is 0.306 e. The predicted molar refractivity (Wildman–Crippen MR) is 101 cm³/mol. The largest absolute Gasteiger partial charge is 0.457 e. The van der Waals surface area contributed by atoms with E-state index in [1.165, 1.54) is 51.4 Å². The third kappa shape index (κ3) is 9.34. The first kappa shape index (κ1) is 24.3. The van der Waals surface area contributed by atoms with E-state index in [0.717, 1.165) is 12.8 Å². The lowest BCUT2D eigenvalue weighted by Gasteiger charge is -2.39. The Labute approximate surface area is 162 Å². The van der Waals surface area contributed by atoms with Crippen LogP contribution >= 0.6 is 0 Å². The van der Waals surface area contributed by atoms with E-state index in [1.54, 1.807) is 0 Å². The van der Waals surface area contributed by atoms with Gasteiger partial charge in [0.05, 0.1) is 6.61 Å². The quantitative estimate of drug-likeness (QED) is 0.265. The molecule has 0 unspecified atom stereocenters. The first-order valence-corrected chi connectivity index (χ1v) is 10.5. The van der Waals surface area contributed by atoms with Crippen molar-refractivity contribution in [1.29, 1.82) is 0 Å². The van der Waals surface area contributed by atoms with Crippen LogP contribution in [0.3, 0.4) is 0 Å². The molecule has 160 valence electrons. The summed E-state index contributed by atoms with van der Waals surface area (Å²) in [6.07, 6.45) is 6.31. The van der Waals surface area contributed by atoms with Crippen LogP contribution in [0.25, 0.3) is 0 Å². The van der Waals surface area contributed by atoms with Crippen molar-refractivity contribution >= 4 is 5.97 Å². The molecule has 7 heteroatoms. The minimum absolute atomic E-state index is 0.219. The lowest BCUT2D eigenvalue weighted by atomic mass is 9.99. The molecule has 0 aromatic heterocycles. The highest BCUT2D eigenvalue weighted by Gasteiger charge is 2.45. The SMILES string of the molecule is CCCCCCCCCCCCCC(=O)O[C@H]1[C@H](O)[C@@H](O)[C@@H](O)O[C@@H]1CO. The van der Waals surface area contributed by atoms with E-state index in [2.05, 4.69) is 6.92 Å². The van der Waals surface area contributed by atoms with Crippen LogP contribution in [-0.2, 0) is 14.3 Å². The molecule has 0 aromatic rings. The molecule has 1 rings (SSSR count). The zero-order valence-corrected chi connectivity index (χ0v) is 16.6. The Hall–Kier alpha value is -0.730. The van der Waals surface area contributed by atoms with Crippen LogP contribution in [0, 0.1) is 0 Å². The van der Waals surface area contributed by atoms with E-state index in [0.29, 0.717) is 6.42 Å². The van der Waals surface area contributed by atoms with Gasteiger partial charge in [-0.25, -0.2) is 0 Å². The summed E-state index contributed by atoms with van der Waals surface area (Å²) >= 11 is 0. The van der Waals surface area contributed by atoms with Gasteiger partial charge in [0.2, 0.25) is 0 Å². The summed E-state index contributed by atoms with van der Waals surface area (Å²) < 4.78 is 10.1. The van der Waals surface area contributed by atoms with Gasteiger partial charge in [0.15, 0.2) is 12.4 Å². The van der Waals surface area contributed by atoms with Crippen LogP contribution in [-0.4, -0.2) is 63.7 Å². The molecule has 0 bridgehead atoms. The first-order valence-electron chi connectivity index (χ1n) is 10.5. The molecule has 0 aromatic carbocycles. The summed E-state index contributed by atoms with van der Waals surface area (Å²) in [6.45, 7) is 1.69. The average molecular weight is 391 g/mol. The number of ether oxygens (including phenoxy) is 2. The predicted octanol–water partition coefficient (Wildman–Crippen LogP) is 2.03. The number of carbonyl (C=O) groups excluding carboxylic acids is 1. The van der Waals surface area contributed by atoms with Gasteiger partial charge < -0.3 is 29.9 Å². The summed E-state index contributed by atoms with van der Waals surface area (Å²) in [4.78, 5) is 12.0.